The maximum Gasteiger partial charge on any atom is 0.230 e. The average molecular weight is 375 g/mol. The van der Waals surface area contributed by atoms with Gasteiger partial charge >= 0.3 is 0 Å². The summed E-state index contributed by atoms with van der Waals surface area (Å²) in [4.78, 5) is 12.1. The van der Waals surface area contributed by atoms with Gasteiger partial charge in [-0.15, -0.1) is 10.2 Å². The second kappa shape index (κ2) is 8.25. The van der Waals surface area contributed by atoms with E-state index >= 15 is 0 Å². The molecule has 2 aromatic rings. The summed E-state index contributed by atoms with van der Waals surface area (Å²) in [6, 6.07) is 8.60. The summed E-state index contributed by atoms with van der Waals surface area (Å²) in [6.07, 6.45) is 0. The molecule has 1 N–H and O–H groups in total. The number of aromatic nitrogens is 3. The number of hydrogen-bond acceptors (Lipinski definition) is 4. The summed E-state index contributed by atoms with van der Waals surface area (Å²) in [5.74, 6) is 1.59. The molecule has 0 unspecified atom stereocenters. The van der Waals surface area contributed by atoms with Gasteiger partial charge in [-0.05, 0) is 23.8 Å². The van der Waals surface area contributed by atoms with Gasteiger partial charge in [0.15, 0.2) is 11.0 Å². The number of amides is 1. The Kier molecular flexibility index (Phi) is 6.50. The van der Waals surface area contributed by atoms with Crippen LogP contribution in [0.4, 0.5) is 0 Å². The zero-order valence-electron chi connectivity index (χ0n) is 16.8. The first-order valence-corrected chi connectivity index (χ1v) is 10.0. The third-order valence-corrected chi connectivity index (χ3v) is 5.59. The van der Waals surface area contributed by atoms with Gasteiger partial charge in [-0.2, -0.15) is 0 Å². The molecule has 26 heavy (non-hydrogen) atoms. The Morgan fingerprint density at radius 1 is 1.15 bits per heavy atom. The minimum atomic E-state index is 0.0234. The van der Waals surface area contributed by atoms with Gasteiger partial charge in [0.1, 0.15) is 0 Å². The minimum Gasteiger partial charge on any atom is -0.353 e. The number of nitrogens with one attached hydrogen (secondary N) is 1. The fraction of sp³-hybridized carbons (Fsp3) is 0.550. The van der Waals surface area contributed by atoms with Crippen LogP contribution in [-0.2, 0) is 17.3 Å². The van der Waals surface area contributed by atoms with Crippen molar-refractivity contribution in [3.8, 4) is 11.4 Å². The quantitative estimate of drug-likeness (QED) is 0.776. The van der Waals surface area contributed by atoms with Crippen LogP contribution in [0.3, 0.4) is 0 Å². The lowest BCUT2D eigenvalue weighted by Crippen LogP contribution is -2.37. The molecule has 6 heteroatoms. The van der Waals surface area contributed by atoms with Crippen molar-refractivity contribution in [1.82, 2.24) is 20.1 Å². The first kappa shape index (κ1) is 20.5. The van der Waals surface area contributed by atoms with Crippen LogP contribution in [-0.4, -0.2) is 32.5 Å². The second-order valence-corrected chi connectivity index (χ2v) is 9.02. The van der Waals surface area contributed by atoms with Crippen molar-refractivity contribution in [3.63, 3.8) is 0 Å². The Bertz CT molecular complexity index is 744. The highest BCUT2D eigenvalue weighted by Crippen LogP contribution is 2.27. The van der Waals surface area contributed by atoms with Crippen molar-refractivity contribution >= 4 is 17.7 Å². The van der Waals surface area contributed by atoms with Gasteiger partial charge in [0, 0.05) is 18.7 Å². The van der Waals surface area contributed by atoms with E-state index in [0.717, 1.165) is 16.5 Å². The van der Waals surface area contributed by atoms with Gasteiger partial charge in [-0.3, -0.25) is 4.79 Å². The maximum atomic E-state index is 12.1. The molecule has 1 heterocycles. The predicted octanol–water partition coefficient (Wildman–Crippen LogP) is 4.03. The van der Waals surface area contributed by atoms with Gasteiger partial charge in [0.05, 0.1) is 5.75 Å². The van der Waals surface area contributed by atoms with Gasteiger partial charge < -0.3 is 9.88 Å². The zero-order chi connectivity index (χ0) is 19.5. The standard InChI is InChI=1S/C20H30N4OS/c1-13(2)14(3)21-17(25)12-26-19-23-22-18(24(19)7)15-8-10-16(11-9-15)20(4,5)6/h8-11,13-14H,12H2,1-7H3,(H,21,25)/t14-/m1/s1. The van der Waals surface area contributed by atoms with E-state index in [-0.39, 0.29) is 17.4 Å². The molecule has 2 rings (SSSR count). The Labute approximate surface area is 161 Å². The van der Waals surface area contributed by atoms with E-state index in [1.807, 2.05) is 18.5 Å². The first-order valence-electron chi connectivity index (χ1n) is 9.02. The Balaban J connectivity index is 2.05. The van der Waals surface area contributed by atoms with Crippen LogP contribution >= 0.6 is 11.8 Å². The van der Waals surface area contributed by atoms with E-state index in [1.165, 1.54) is 17.3 Å². The predicted molar refractivity (Wildman–Crippen MR) is 108 cm³/mol. The molecule has 0 saturated carbocycles. The molecular weight excluding hydrogens is 344 g/mol. The highest BCUT2D eigenvalue weighted by Gasteiger charge is 2.17. The molecule has 5 nitrogen and oxygen atoms in total. The second-order valence-electron chi connectivity index (χ2n) is 8.08. The lowest BCUT2D eigenvalue weighted by molar-refractivity contribution is -0.119. The van der Waals surface area contributed by atoms with Crippen molar-refractivity contribution in [3.05, 3.63) is 29.8 Å². The largest absolute Gasteiger partial charge is 0.353 e. The Morgan fingerprint density at radius 3 is 2.31 bits per heavy atom. The SMILES string of the molecule is CC(C)[C@@H](C)NC(=O)CSc1nnc(-c2ccc(C(C)(C)C)cc2)n1C. The molecule has 0 saturated heterocycles. The van der Waals surface area contributed by atoms with Gasteiger partial charge in [0.25, 0.3) is 0 Å². The Hall–Kier alpha value is -1.82. The Morgan fingerprint density at radius 2 is 1.77 bits per heavy atom. The highest BCUT2D eigenvalue weighted by molar-refractivity contribution is 7.99. The number of nitrogens with zero attached hydrogens (tertiary/aromatic N) is 3. The van der Waals surface area contributed by atoms with Crippen LogP contribution in [0.15, 0.2) is 29.4 Å². The molecule has 1 atom stereocenters. The van der Waals surface area contributed by atoms with Crippen molar-refractivity contribution in [1.29, 1.82) is 0 Å². The fourth-order valence-electron chi connectivity index (χ4n) is 2.40. The maximum absolute atomic E-state index is 12.1. The molecule has 0 aliphatic heterocycles. The molecule has 0 fully saturated rings. The molecule has 0 aliphatic carbocycles. The van der Waals surface area contributed by atoms with Gasteiger partial charge in [0.2, 0.25) is 5.91 Å². The van der Waals surface area contributed by atoms with Crippen LogP contribution < -0.4 is 5.32 Å². The normalized spacial score (nSPS) is 13.1. The van der Waals surface area contributed by atoms with E-state index in [9.17, 15) is 4.79 Å². The topological polar surface area (TPSA) is 59.8 Å². The molecule has 0 spiro atoms. The van der Waals surface area contributed by atoms with Crippen molar-refractivity contribution < 1.29 is 4.79 Å². The number of carbonyl (C=O) groups is 1. The molecule has 0 aliphatic rings. The fourth-order valence-corrected chi connectivity index (χ4v) is 3.13. The van der Waals surface area contributed by atoms with Crippen LogP contribution in [0, 0.1) is 5.92 Å². The third-order valence-electron chi connectivity index (χ3n) is 4.57. The van der Waals surface area contributed by atoms with E-state index in [0.29, 0.717) is 11.7 Å². The monoisotopic (exact) mass is 374 g/mol. The number of thioether (sulfide) groups is 1. The summed E-state index contributed by atoms with van der Waals surface area (Å²) in [7, 11) is 1.93. The van der Waals surface area contributed by atoms with E-state index in [4.69, 9.17) is 0 Å². The third kappa shape index (κ3) is 5.10. The molecule has 0 bridgehead atoms. The molecular formula is C20H30N4OS. The minimum absolute atomic E-state index is 0.0234. The molecule has 1 aromatic heterocycles. The molecule has 1 aromatic carbocycles. The van der Waals surface area contributed by atoms with Gasteiger partial charge in [-0.1, -0.05) is 70.6 Å². The lowest BCUT2D eigenvalue weighted by atomic mass is 9.87. The summed E-state index contributed by atoms with van der Waals surface area (Å²) in [5, 5.41) is 12.3. The van der Waals surface area contributed by atoms with E-state index in [2.05, 4.69) is 74.4 Å². The van der Waals surface area contributed by atoms with Crippen LogP contribution in [0.25, 0.3) is 11.4 Å². The highest BCUT2D eigenvalue weighted by atomic mass is 32.2. The number of benzene rings is 1. The smallest absolute Gasteiger partial charge is 0.230 e. The van der Waals surface area contributed by atoms with Crippen molar-refractivity contribution in [2.45, 2.75) is 58.2 Å². The van der Waals surface area contributed by atoms with Crippen LogP contribution in [0.5, 0.6) is 0 Å². The summed E-state index contributed by atoms with van der Waals surface area (Å²) in [5.41, 5.74) is 2.44. The summed E-state index contributed by atoms with van der Waals surface area (Å²) < 4.78 is 1.94. The molecule has 0 radical (unpaired) electrons. The van der Waals surface area contributed by atoms with Crippen molar-refractivity contribution in [2.24, 2.45) is 13.0 Å². The van der Waals surface area contributed by atoms with Crippen LogP contribution in [0.1, 0.15) is 47.1 Å². The number of hydrogen-bond donors (Lipinski definition) is 1. The van der Waals surface area contributed by atoms with E-state index < -0.39 is 0 Å². The molecule has 142 valence electrons. The van der Waals surface area contributed by atoms with Crippen molar-refractivity contribution in [2.75, 3.05) is 5.75 Å². The van der Waals surface area contributed by atoms with Crippen LogP contribution in [0.2, 0.25) is 0 Å². The first-order chi connectivity index (χ1) is 12.1. The lowest BCUT2D eigenvalue weighted by Gasteiger charge is -2.19. The zero-order valence-corrected chi connectivity index (χ0v) is 17.6. The average Bonchev–Trinajstić information content (AvgIpc) is 2.93. The van der Waals surface area contributed by atoms with E-state index in [1.54, 1.807) is 0 Å². The number of carbonyl (C=O) groups excluding carboxylic acids is 1. The van der Waals surface area contributed by atoms with Gasteiger partial charge in [-0.25, -0.2) is 0 Å². The summed E-state index contributed by atoms with van der Waals surface area (Å²) in [6.45, 7) is 12.8. The summed E-state index contributed by atoms with van der Waals surface area (Å²) >= 11 is 1.41. The number of rotatable bonds is 6. The molecule has 1 amide bonds.